The van der Waals surface area contributed by atoms with Gasteiger partial charge in [-0.1, -0.05) is 0 Å². The molecule has 2 fully saturated rings. The van der Waals surface area contributed by atoms with Gasteiger partial charge in [-0.3, -0.25) is 4.79 Å². The first kappa shape index (κ1) is 8.50. The molecule has 2 rings (SSSR count). The zero-order chi connectivity index (χ0) is 9.64. The van der Waals surface area contributed by atoms with E-state index >= 15 is 0 Å². The molecular formula is C8H11NO4. The summed E-state index contributed by atoms with van der Waals surface area (Å²) in [5.74, 6) is -1.14. The number of rotatable bonds is 1. The molecular weight excluding hydrogens is 174 g/mol. The molecule has 0 radical (unpaired) electrons. The van der Waals surface area contributed by atoms with E-state index in [0.717, 1.165) is 0 Å². The quantitative estimate of drug-likeness (QED) is 0.560. The summed E-state index contributed by atoms with van der Waals surface area (Å²) in [7, 11) is 0. The summed E-state index contributed by atoms with van der Waals surface area (Å²) in [5.41, 5.74) is -1.10. The Labute approximate surface area is 75.0 Å². The molecule has 2 N–H and O–H groups in total. The highest BCUT2D eigenvalue weighted by Gasteiger charge is 2.56. The SMILES string of the molecule is O=C1CCC2(C(=O)O)CC(O)CN12. The summed E-state index contributed by atoms with van der Waals surface area (Å²) in [5, 5.41) is 18.3. The van der Waals surface area contributed by atoms with Crippen molar-refractivity contribution >= 4 is 11.9 Å². The monoisotopic (exact) mass is 185 g/mol. The number of aliphatic hydroxyl groups is 1. The zero-order valence-electron chi connectivity index (χ0n) is 7.06. The fourth-order valence-corrected chi connectivity index (χ4v) is 2.29. The Morgan fingerprint density at radius 3 is 2.85 bits per heavy atom. The van der Waals surface area contributed by atoms with Crippen LogP contribution in [0, 0.1) is 0 Å². The molecule has 0 bridgehead atoms. The van der Waals surface area contributed by atoms with Crippen LogP contribution >= 0.6 is 0 Å². The first-order chi connectivity index (χ1) is 6.06. The predicted molar refractivity (Wildman–Crippen MR) is 41.9 cm³/mol. The van der Waals surface area contributed by atoms with Gasteiger partial charge in [-0.2, -0.15) is 0 Å². The van der Waals surface area contributed by atoms with Crippen LogP contribution in [0.3, 0.4) is 0 Å². The number of β-amino-alcohol motifs (C(OH)–C–C–N with tert-alkyl or cyclic N) is 1. The Morgan fingerprint density at radius 2 is 2.31 bits per heavy atom. The van der Waals surface area contributed by atoms with Crippen molar-refractivity contribution in [3.05, 3.63) is 0 Å². The van der Waals surface area contributed by atoms with E-state index in [2.05, 4.69) is 0 Å². The fraction of sp³-hybridized carbons (Fsp3) is 0.750. The Hall–Kier alpha value is -1.10. The number of carbonyl (C=O) groups excluding carboxylic acids is 1. The fourth-order valence-electron chi connectivity index (χ4n) is 2.29. The number of amides is 1. The van der Waals surface area contributed by atoms with Gasteiger partial charge in [0.2, 0.25) is 5.91 Å². The summed E-state index contributed by atoms with van der Waals surface area (Å²) >= 11 is 0. The lowest BCUT2D eigenvalue weighted by Crippen LogP contribution is -2.47. The molecule has 1 amide bonds. The largest absolute Gasteiger partial charge is 0.479 e. The molecule has 0 aromatic carbocycles. The van der Waals surface area contributed by atoms with Gasteiger partial charge in [-0.15, -0.1) is 0 Å². The van der Waals surface area contributed by atoms with Crippen LogP contribution < -0.4 is 0 Å². The van der Waals surface area contributed by atoms with Crippen LogP contribution in [0.2, 0.25) is 0 Å². The van der Waals surface area contributed by atoms with Crippen molar-refractivity contribution in [2.45, 2.75) is 30.9 Å². The third-order valence-electron chi connectivity index (χ3n) is 2.93. The number of carboxylic acids is 1. The lowest BCUT2D eigenvalue weighted by Gasteiger charge is -2.26. The number of hydrogen-bond acceptors (Lipinski definition) is 3. The normalized spacial score (nSPS) is 38.1. The van der Waals surface area contributed by atoms with Crippen LogP contribution in [-0.4, -0.2) is 45.2 Å². The molecule has 2 saturated heterocycles. The van der Waals surface area contributed by atoms with Gasteiger partial charge in [0.05, 0.1) is 6.10 Å². The zero-order valence-corrected chi connectivity index (χ0v) is 7.06. The molecule has 2 aliphatic rings. The third kappa shape index (κ3) is 0.966. The Kier molecular flexibility index (Phi) is 1.60. The number of hydrogen-bond donors (Lipinski definition) is 2. The smallest absolute Gasteiger partial charge is 0.329 e. The Bertz CT molecular complexity index is 277. The van der Waals surface area contributed by atoms with Crippen molar-refractivity contribution in [3.63, 3.8) is 0 Å². The van der Waals surface area contributed by atoms with Gasteiger partial charge in [0, 0.05) is 19.4 Å². The third-order valence-corrected chi connectivity index (χ3v) is 2.93. The first-order valence-electron chi connectivity index (χ1n) is 4.28. The minimum absolute atomic E-state index is 0.154. The number of nitrogens with zero attached hydrogens (tertiary/aromatic N) is 1. The van der Waals surface area contributed by atoms with Gasteiger partial charge in [-0.25, -0.2) is 4.79 Å². The summed E-state index contributed by atoms with van der Waals surface area (Å²) in [4.78, 5) is 23.6. The average Bonchev–Trinajstić information content (AvgIpc) is 2.51. The number of carbonyl (C=O) groups is 2. The van der Waals surface area contributed by atoms with Crippen molar-refractivity contribution in [1.82, 2.24) is 4.90 Å². The standard InChI is InChI=1S/C8H11NO4/c10-5-3-8(7(12)13)2-1-6(11)9(8)4-5/h5,10H,1-4H2,(H,12,13). The van der Waals surface area contributed by atoms with Crippen LogP contribution in [-0.2, 0) is 9.59 Å². The van der Waals surface area contributed by atoms with Crippen molar-refractivity contribution in [2.24, 2.45) is 0 Å². The molecule has 5 nitrogen and oxygen atoms in total. The summed E-state index contributed by atoms with van der Waals surface area (Å²) in [6, 6.07) is 0. The minimum atomic E-state index is -1.10. The molecule has 72 valence electrons. The van der Waals surface area contributed by atoms with Gasteiger partial charge in [0.15, 0.2) is 0 Å². The van der Waals surface area contributed by atoms with E-state index in [1.165, 1.54) is 4.90 Å². The van der Waals surface area contributed by atoms with Gasteiger partial charge in [-0.05, 0) is 6.42 Å². The van der Waals surface area contributed by atoms with Gasteiger partial charge in [0.25, 0.3) is 0 Å². The molecule has 2 aliphatic heterocycles. The minimum Gasteiger partial charge on any atom is -0.479 e. The average molecular weight is 185 g/mol. The lowest BCUT2D eigenvalue weighted by molar-refractivity contribution is -0.151. The number of aliphatic carboxylic acids is 1. The highest BCUT2D eigenvalue weighted by Crippen LogP contribution is 2.39. The number of aliphatic hydroxyl groups excluding tert-OH is 1. The summed E-state index contributed by atoms with van der Waals surface area (Å²) in [6.07, 6.45) is 0.117. The molecule has 0 aliphatic carbocycles. The van der Waals surface area contributed by atoms with E-state index < -0.39 is 17.6 Å². The maximum atomic E-state index is 11.3. The molecule has 2 heterocycles. The summed E-state index contributed by atoms with van der Waals surface area (Å²) in [6.45, 7) is 0.172. The Morgan fingerprint density at radius 1 is 1.62 bits per heavy atom. The van der Waals surface area contributed by atoms with Gasteiger partial charge in [0.1, 0.15) is 5.54 Å². The first-order valence-corrected chi connectivity index (χ1v) is 4.28. The van der Waals surface area contributed by atoms with E-state index in [1.54, 1.807) is 0 Å². The molecule has 0 aromatic rings. The lowest BCUT2D eigenvalue weighted by atomic mass is 9.94. The van der Waals surface area contributed by atoms with Crippen molar-refractivity contribution < 1.29 is 19.8 Å². The Balaban J connectivity index is 2.35. The second kappa shape index (κ2) is 2.45. The maximum Gasteiger partial charge on any atom is 0.329 e. The van der Waals surface area contributed by atoms with E-state index in [-0.39, 0.29) is 18.9 Å². The number of carboxylic acid groups (broad SMARTS) is 1. The van der Waals surface area contributed by atoms with E-state index in [4.69, 9.17) is 5.11 Å². The van der Waals surface area contributed by atoms with E-state index in [1.807, 2.05) is 0 Å². The topological polar surface area (TPSA) is 77.8 Å². The number of fused-ring (bicyclic) bond motifs is 1. The molecule has 2 unspecified atom stereocenters. The molecule has 13 heavy (non-hydrogen) atoms. The molecule has 2 atom stereocenters. The summed E-state index contributed by atoms with van der Waals surface area (Å²) < 4.78 is 0. The highest BCUT2D eigenvalue weighted by atomic mass is 16.4. The van der Waals surface area contributed by atoms with Crippen LogP contribution in [0.25, 0.3) is 0 Å². The van der Waals surface area contributed by atoms with Crippen molar-refractivity contribution in [1.29, 1.82) is 0 Å². The van der Waals surface area contributed by atoms with Crippen LogP contribution in [0.1, 0.15) is 19.3 Å². The van der Waals surface area contributed by atoms with Gasteiger partial charge >= 0.3 is 5.97 Å². The molecule has 0 spiro atoms. The molecule has 0 aromatic heterocycles. The van der Waals surface area contributed by atoms with Crippen LogP contribution in [0.4, 0.5) is 0 Å². The van der Waals surface area contributed by atoms with E-state index in [0.29, 0.717) is 12.8 Å². The van der Waals surface area contributed by atoms with Crippen molar-refractivity contribution in [3.8, 4) is 0 Å². The van der Waals surface area contributed by atoms with Gasteiger partial charge < -0.3 is 15.1 Å². The maximum absolute atomic E-state index is 11.3. The second-order valence-corrected chi connectivity index (χ2v) is 3.70. The van der Waals surface area contributed by atoms with Crippen molar-refractivity contribution in [2.75, 3.05) is 6.54 Å². The second-order valence-electron chi connectivity index (χ2n) is 3.70. The molecule has 5 heteroatoms. The predicted octanol–water partition coefficient (Wildman–Crippen LogP) is -0.803. The van der Waals surface area contributed by atoms with Crippen LogP contribution in [0.5, 0.6) is 0 Å². The molecule has 0 saturated carbocycles. The highest BCUT2D eigenvalue weighted by molar-refractivity contribution is 5.91. The van der Waals surface area contributed by atoms with E-state index in [9.17, 15) is 14.7 Å². The van der Waals surface area contributed by atoms with Crippen LogP contribution in [0.15, 0.2) is 0 Å².